The number of nitrogens with zero attached hydrogens (tertiary/aromatic N) is 2. The summed E-state index contributed by atoms with van der Waals surface area (Å²) in [6.45, 7) is 0. The molecule has 0 aliphatic heterocycles. The molecular weight excluding hydrogens is 378 g/mol. The number of methoxy groups -OCH3 is 1. The van der Waals surface area contributed by atoms with Crippen LogP contribution in [0.3, 0.4) is 0 Å². The zero-order chi connectivity index (χ0) is 15.6. The molecule has 2 aromatic rings. The number of thiophene rings is 1. The minimum absolute atomic E-state index is 0.213. The summed E-state index contributed by atoms with van der Waals surface area (Å²) >= 11 is 4.39. The van der Waals surface area contributed by atoms with Gasteiger partial charge in [0.05, 0.1) is 16.6 Å². The van der Waals surface area contributed by atoms with Gasteiger partial charge in [-0.05, 0) is 34.1 Å². The Morgan fingerprint density at radius 1 is 1.33 bits per heavy atom. The summed E-state index contributed by atoms with van der Waals surface area (Å²) in [6, 6.07) is 4.94. The third-order valence-corrected chi connectivity index (χ3v) is 6.08. The van der Waals surface area contributed by atoms with Crippen LogP contribution >= 0.6 is 27.3 Å². The highest BCUT2D eigenvalue weighted by Crippen LogP contribution is 2.35. The first kappa shape index (κ1) is 16.1. The van der Waals surface area contributed by atoms with E-state index in [-0.39, 0.29) is 10.1 Å². The number of sulfonamides is 1. The van der Waals surface area contributed by atoms with E-state index in [9.17, 15) is 8.42 Å². The predicted octanol–water partition coefficient (Wildman–Crippen LogP) is 2.78. The molecule has 2 aromatic heterocycles. The quantitative estimate of drug-likeness (QED) is 0.847. The number of halogens is 1. The third-order valence-electron chi connectivity index (χ3n) is 2.62. The second kappa shape index (κ2) is 6.20. The Hall–Kier alpha value is -1.32. The fourth-order valence-electron chi connectivity index (χ4n) is 1.68. The summed E-state index contributed by atoms with van der Waals surface area (Å²) in [6.07, 6.45) is 1.56. The van der Waals surface area contributed by atoms with Gasteiger partial charge in [-0.2, -0.15) is 0 Å². The Bertz CT molecular complexity index is 744. The summed E-state index contributed by atoms with van der Waals surface area (Å²) in [5, 5.41) is 0. The topological polar surface area (TPSA) is 71.5 Å². The van der Waals surface area contributed by atoms with Gasteiger partial charge < -0.3 is 9.64 Å². The van der Waals surface area contributed by atoms with E-state index in [0.29, 0.717) is 11.4 Å². The molecule has 0 saturated heterocycles. The number of rotatable bonds is 5. The highest BCUT2D eigenvalue weighted by atomic mass is 79.9. The minimum Gasteiger partial charge on any atom is -0.479 e. The Morgan fingerprint density at radius 3 is 2.57 bits per heavy atom. The SMILES string of the molecule is COc1nccc(N(C)C)c1NS(=O)(=O)c1ccc(Br)s1. The molecule has 21 heavy (non-hydrogen) atoms. The van der Waals surface area contributed by atoms with E-state index >= 15 is 0 Å². The predicted molar refractivity (Wildman–Crippen MR) is 87.9 cm³/mol. The number of hydrogen-bond donors (Lipinski definition) is 1. The molecule has 0 unspecified atom stereocenters. The van der Waals surface area contributed by atoms with E-state index in [4.69, 9.17) is 4.74 Å². The molecule has 0 fully saturated rings. The van der Waals surface area contributed by atoms with E-state index in [1.54, 1.807) is 23.2 Å². The molecular formula is C12H14BrN3O3S2. The first-order valence-electron chi connectivity index (χ1n) is 5.83. The van der Waals surface area contributed by atoms with E-state index in [0.717, 1.165) is 15.1 Å². The lowest BCUT2D eigenvalue weighted by atomic mass is 10.3. The van der Waals surface area contributed by atoms with Crippen molar-refractivity contribution in [2.45, 2.75) is 4.21 Å². The summed E-state index contributed by atoms with van der Waals surface area (Å²) in [5.74, 6) is 0.223. The number of nitrogens with one attached hydrogen (secondary N) is 1. The lowest BCUT2D eigenvalue weighted by Crippen LogP contribution is -2.17. The standard InChI is InChI=1S/C12H14BrN3O3S2/c1-16(2)8-6-7-14-12(19-3)11(8)15-21(17,18)10-5-4-9(13)20-10/h4-7,15H,1-3H3. The molecule has 0 saturated carbocycles. The van der Waals surface area contributed by atoms with E-state index in [1.165, 1.54) is 13.2 Å². The largest absolute Gasteiger partial charge is 0.479 e. The molecule has 0 aliphatic rings. The van der Waals surface area contributed by atoms with Crippen molar-refractivity contribution >= 4 is 48.7 Å². The van der Waals surface area contributed by atoms with Crippen LogP contribution in [-0.2, 0) is 10.0 Å². The van der Waals surface area contributed by atoms with Crippen molar-refractivity contribution in [3.05, 3.63) is 28.2 Å². The van der Waals surface area contributed by atoms with Gasteiger partial charge in [0.25, 0.3) is 10.0 Å². The molecule has 0 spiro atoms. The van der Waals surface area contributed by atoms with Crippen molar-refractivity contribution in [2.75, 3.05) is 30.8 Å². The molecule has 2 rings (SSSR count). The Morgan fingerprint density at radius 2 is 2.05 bits per heavy atom. The maximum absolute atomic E-state index is 12.4. The van der Waals surface area contributed by atoms with Gasteiger partial charge in [0.1, 0.15) is 9.90 Å². The van der Waals surface area contributed by atoms with Crippen LogP contribution in [0.4, 0.5) is 11.4 Å². The van der Waals surface area contributed by atoms with Gasteiger partial charge >= 0.3 is 0 Å². The number of aromatic nitrogens is 1. The van der Waals surface area contributed by atoms with Crippen molar-refractivity contribution in [1.82, 2.24) is 4.98 Å². The van der Waals surface area contributed by atoms with Gasteiger partial charge in [-0.3, -0.25) is 4.72 Å². The van der Waals surface area contributed by atoms with E-state index in [2.05, 4.69) is 25.6 Å². The van der Waals surface area contributed by atoms with Crippen LogP contribution in [0.25, 0.3) is 0 Å². The van der Waals surface area contributed by atoms with Gasteiger partial charge in [-0.25, -0.2) is 13.4 Å². The van der Waals surface area contributed by atoms with Crippen molar-refractivity contribution in [2.24, 2.45) is 0 Å². The molecule has 0 radical (unpaired) electrons. The summed E-state index contributed by atoms with van der Waals surface area (Å²) in [5.41, 5.74) is 0.982. The average Bonchev–Trinajstić information content (AvgIpc) is 2.86. The summed E-state index contributed by atoms with van der Waals surface area (Å²) in [4.78, 5) is 5.83. The number of anilines is 2. The molecule has 0 aliphatic carbocycles. The monoisotopic (exact) mass is 391 g/mol. The number of ether oxygens (including phenoxy) is 1. The molecule has 0 aromatic carbocycles. The fraction of sp³-hybridized carbons (Fsp3) is 0.250. The normalized spacial score (nSPS) is 11.2. The number of pyridine rings is 1. The molecule has 2 heterocycles. The second-order valence-electron chi connectivity index (χ2n) is 4.27. The van der Waals surface area contributed by atoms with Crippen LogP contribution in [0.2, 0.25) is 0 Å². The van der Waals surface area contributed by atoms with Gasteiger partial charge in [0, 0.05) is 20.3 Å². The van der Waals surface area contributed by atoms with E-state index in [1.807, 2.05) is 14.1 Å². The van der Waals surface area contributed by atoms with E-state index < -0.39 is 10.0 Å². The second-order valence-corrected chi connectivity index (χ2v) is 8.65. The lowest BCUT2D eigenvalue weighted by molar-refractivity contribution is 0.400. The van der Waals surface area contributed by atoms with Gasteiger partial charge in [-0.15, -0.1) is 11.3 Å². The molecule has 0 amide bonds. The van der Waals surface area contributed by atoms with Crippen LogP contribution in [0.1, 0.15) is 0 Å². The molecule has 1 N–H and O–H groups in total. The zero-order valence-electron chi connectivity index (χ0n) is 11.6. The van der Waals surface area contributed by atoms with Crippen LogP contribution in [-0.4, -0.2) is 34.6 Å². The molecule has 9 heteroatoms. The van der Waals surface area contributed by atoms with Crippen molar-refractivity contribution < 1.29 is 13.2 Å². The lowest BCUT2D eigenvalue weighted by Gasteiger charge is -2.19. The fourth-order valence-corrected chi connectivity index (χ4v) is 4.77. The van der Waals surface area contributed by atoms with Crippen molar-refractivity contribution in [3.63, 3.8) is 0 Å². The molecule has 114 valence electrons. The highest BCUT2D eigenvalue weighted by molar-refractivity contribution is 9.11. The van der Waals surface area contributed by atoms with Crippen LogP contribution in [0.5, 0.6) is 5.88 Å². The summed E-state index contributed by atoms with van der Waals surface area (Å²) in [7, 11) is 1.38. The third kappa shape index (κ3) is 3.47. The zero-order valence-corrected chi connectivity index (χ0v) is 14.8. The Labute approximate surface area is 135 Å². The van der Waals surface area contributed by atoms with Gasteiger partial charge in [0.2, 0.25) is 5.88 Å². The average molecular weight is 392 g/mol. The van der Waals surface area contributed by atoms with Gasteiger partial charge in [0.15, 0.2) is 0 Å². The van der Waals surface area contributed by atoms with Crippen LogP contribution in [0.15, 0.2) is 32.4 Å². The molecule has 0 bridgehead atoms. The molecule has 0 atom stereocenters. The smallest absolute Gasteiger partial charge is 0.271 e. The van der Waals surface area contributed by atoms with Crippen molar-refractivity contribution in [1.29, 1.82) is 0 Å². The van der Waals surface area contributed by atoms with Crippen LogP contribution in [0, 0.1) is 0 Å². The summed E-state index contributed by atoms with van der Waals surface area (Å²) < 4.78 is 33.5. The first-order chi connectivity index (χ1) is 9.85. The van der Waals surface area contributed by atoms with Crippen LogP contribution < -0.4 is 14.4 Å². The maximum atomic E-state index is 12.4. The first-order valence-corrected chi connectivity index (χ1v) is 8.93. The van der Waals surface area contributed by atoms with Crippen molar-refractivity contribution in [3.8, 4) is 5.88 Å². The number of hydrogen-bond acceptors (Lipinski definition) is 6. The maximum Gasteiger partial charge on any atom is 0.271 e. The highest BCUT2D eigenvalue weighted by Gasteiger charge is 2.22. The Kier molecular flexibility index (Phi) is 4.74. The van der Waals surface area contributed by atoms with Gasteiger partial charge in [-0.1, -0.05) is 0 Å². The Balaban J connectivity index is 2.48. The minimum atomic E-state index is -3.69. The molecule has 6 nitrogen and oxygen atoms in total.